The van der Waals surface area contributed by atoms with Gasteiger partial charge >= 0.3 is 0 Å². The lowest BCUT2D eigenvalue weighted by Gasteiger charge is -2.25. The Hall–Kier alpha value is -1.83. The largest absolute Gasteiger partial charge is 0.550 e. The molecular weight excluding hydrogens is 432 g/mol. The van der Waals surface area contributed by atoms with Crippen LogP contribution in [0.5, 0.6) is 0 Å². The fourth-order valence-electron chi connectivity index (χ4n) is 4.36. The first kappa shape index (κ1) is 31.2. The van der Waals surface area contributed by atoms with E-state index in [1.807, 2.05) is 0 Å². The molecule has 0 amide bonds. The van der Waals surface area contributed by atoms with Crippen molar-refractivity contribution in [2.24, 2.45) is 11.8 Å². The number of unbranched alkanes of at least 4 members (excludes halogenated alkanes) is 1. The van der Waals surface area contributed by atoms with Gasteiger partial charge in [0.15, 0.2) is 0 Å². The van der Waals surface area contributed by atoms with E-state index < -0.39 is 5.97 Å². The summed E-state index contributed by atoms with van der Waals surface area (Å²) in [5, 5.41) is 10.8. The maximum Gasteiger partial charge on any atom is 0.107 e. The van der Waals surface area contributed by atoms with Gasteiger partial charge in [0.2, 0.25) is 0 Å². The molecule has 3 atom stereocenters. The maximum atomic E-state index is 10.8. The number of ether oxygens (including phenoxy) is 1. The monoisotopic (exact) mass is 483 g/mol. The van der Waals surface area contributed by atoms with Crippen molar-refractivity contribution in [3.05, 3.63) is 51.8 Å². The lowest BCUT2D eigenvalue weighted by molar-refractivity contribution is -0.311. The Bertz CT molecular complexity index is 805. The van der Waals surface area contributed by atoms with E-state index in [0.29, 0.717) is 12.3 Å². The summed E-state index contributed by atoms with van der Waals surface area (Å²) in [4.78, 5) is 10.8. The fraction of sp³-hybridized carbons (Fsp3) is 0.688. The van der Waals surface area contributed by atoms with Crippen molar-refractivity contribution in [1.29, 1.82) is 0 Å². The van der Waals surface area contributed by atoms with Gasteiger partial charge < -0.3 is 14.6 Å². The summed E-state index contributed by atoms with van der Waals surface area (Å²) < 4.78 is 6.24. The average Bonchev–Trinajstić information content (AvgIpc) is 2.81. The molecule has 0 spiro atoms. The van der Waals surface area contributed by atoms with Crippen molar-refractivity contribution in [2.75, 3.05) is 6.61 Å². The SMILES string of the molecule is CCCCOC1C(CCC(C)CCC/C(C)=C/CC/C(C)=C/CCC(C)C(=O)[O-])=C=CC(C)=C1C. The third-order valence-corrected chi connectivity index (χ3v) is 7.29. The molecule has 0 heterocycles. The fourth-order valence-corrected chi connectivity index (χ4v) is 4.36. The minimum absolute atomic E-state index is 0.124. The van der Waals surface area contributed by atoms with Crippen LogP contribution < -0.4 is 5.11 Å². The van der Waals surface area contributed by atoms with E-state index in [4.69, 9.17) is 4.74 Å². The van der Waals surface area contributed by atoms with Crippen LogP contribution >= 0.6 is 0 Å². The molecule has 0 aromatic rings. The highest BCUT2D eigenvalue weighted by Gasteiger charge is 2.21. The highest BCUT2D eigenvalue weighted by molar-refractivity contribution is 5.66. The number of carboxylic acids is 1. The second-order valence-corrected chi connectivity index (χ2v) is 10.8. The van der Waals surface area contributed by atoms with Crippen LogP contribution in [0.25, 0.3) is 0 Å². The first-order valence-corrected chi connectivity index (χ1v) is 13.9. The molecule has 3 heteroatoms. The van der Waals surface area contributed by atoms with Crippen molar-refractivity contribution in [3.63, 3.8) is 0 Å². The van der Waals surface area contributed by atoms with E-state index in [0.717, 1.165) is 45.1 Å². The quantitative estimate of drug-likeness (QED) is 0.113. The minimum atomic E-state index is -0.949. The number of hydrogen-bond donors (Lipinski definition) is 0. The number of carbonyl (C=O) groups excluding carboxylic acids is 1. The molecule has 0 N–H and O–H groups in total. The molecule has 3 unspecified atom stereocenters. The van der Waals surface area contributed by atoms with Crippen LogP contribution in [0.4, 0.5) is 0 Å². The van der Waals surface area contributed by atoms with Gasteiger partial charge in [-0.25, -0.2) is 0 Å². The van der Waals surface area contributed by atoms with Crippen molar-refractivity contribution in [1.82, 2.24) is 0 Å². The lowest BCUT2D eigenvalue weighted by atomic mass is 9.88. The smallest absolute Gasteiger partial charge is 0.107 e. The van der Waals surface area contributed by atoms with Crippen LogP contribution in [0, 0.1) is 11.8 Å². The van der Waals surface area contributed by atoms with Crippen LogP contribution in [0.1, 0.15) is 119 Å². The highest BCUT2D eigenvalue weighted by atomic mass is 16.5. The molecule has 35 heavy (non-hydrogen) atoms. The first-order valence-electron chi connectivity index (χ1n) is 13.9. The third kappa shape index (κ3) is 13.2. The number of aliphatic carboxylic acids is 1. The van der Waals surface area contributed by atoms with Crippen LogP contribution in [0.3, 0.4) is 0 Å². The first-order chi connectivity index (χ1) is 16.6. The highest BCUT2D eigenvalue weighted by Crippen LogP contribution is 2.28. The minimum Gasteiger partial charge on any atom is -0.550 e. The molecule has 198 valence electrons. The van der Waals surface area contributed by atoms with Gasteiger partial charge in [0.1, 0.15) is 6.10 Å². The van der Waals surface area contributed by atoms with Gasteiger partial charge in [-0.05, 0) is 115 Å². The molecule has 0 saturated carbocycles. The van der Waals surface area contributed by atoms with E-state index in [9.17, 15) is 9.90 Å². The van der Waals surface area contributed by atoms with E-state index >= 15 is 0 Å². The van der Waals surface area contributed by atoms with E-state index in [2.05, 4.69) is 65.5 Å². The second-order valence-electron chi connectivity index (χ2n) is 10.8. The molecule has 0 aromatic heterocycles. The molecule has 1 aliphatic rings. The number of carboxylic acid groups (broad SMARTS) is 1. The van der Waals surface area contributed by atoms with Crippen molar-refractivity contribution >= 4 is 5.97 Å². The van der Waals surface area contributed by atoms with Crippen molar-refractivity contribution in [2.45, 2.75) is 125 Å². The van der Waals surface area contributed by atoms with E-state index in [-0.39, 0.29) is 12.0 Å². The molecular formula is C32H51O3-. The molecule has 1 aliphatic carbocycles. The Balaban J connectivity index is 2.33. The predicted octanol–water partition coefficient (Wildman–Crippen LogP) is 8.03. The van der Waals surface area contributed by atoms with Crippen LogP contribution in [0.2, 0.25) is 0 Å². The summed E-state index contributed by atoms with van der Waals surface area (Å²) in [5.74, 6) is -0.616. The standard InChI is InChI=1S/C32H52O3/c1-8-9-23-35-31-29(7)27(5)20-22-30(31)21-19-26(4)16-11-15-24(2)13-10-14-25(3)17-12-18-28(6)32(33)34/h13,17,20,26,28,31H,8-12,14-16,18-19,21,23H2,1-7H3,(H,33,34)/p-1/b24-13+,25-17+. The summed E-state index contributed by atoms with van der Waals surface area (Å²) in [6.07, 6.45) is 18.6. The normalized spacial score (nSPS) is 18.6. The molecule has 1 rings (SSSR count). The third-order valence-electron chi connectivity index (χ3n) is 7.29. The van der Waals surface area contributed by atoms with Crippen molar-refractivity contribution in [3.8, 4) is 0 Å². The Morgan fingerprint density at radius 3 is 2.43 bits per heavy atom. The Kier molecular flexibility index (Phi) is 15.7. The van der Waals surface area contributed by atoms with E-state index in [1.54, 1.807) is 6.92 Å². The predicted molar refractivity (Wildman–Crippen MR) is 147 cm³/mol. The summed E-state index contributed by atoms with van der Waals surface area (Å²) in [7, 11) is 0. The topological polar surface area (TPSA) is 49.4 Å². The van der Waals surface area contributed by atoms with E-state index in [1.165, 1.54) is 53.5 Å². The Morgan fingerprint density at radius 1 is 1.06 bits per heavy atom. The van der Waals surface area contributed by atoms with Gasteiger partial charge in [0.25, 0.3) is 0 Å². The number of hydrogen-bond acceptors (Lipinski definition) is 3. The zero-order chi connectivity index (χ0) is 26.2. The van der Waals surface area contributed by atoms with Gasteiger partial charge in [0, 0.05) is 18.1 Å². The molecule has 3 nitrogen and oxygen atoms in total. The maximum absolute atomic E-state index is 10.8. The summed E-state index contributed by atoms with van der Waals surface area (Å²) in [6.45, 7) is 15.9. The number of rotatable bonds is 18. The molecule has 0 radical (unpaired) electrons. The molecule has 0 fully saturated rings. The van der Waals surface area contributed by atoms with Gasteiger partial charge in [0.05, 0.1) is 0 Å². The molecule has 0 bridgehead atoms. The average molecular weight is 484 g/mol. The summed E-state index contributed by atoms with van der Waals surface area (Å²) in [5.41, 5.74) is 10.3. The zero-order valence-corrected chi connectivity index (χ0v) is 23.7. The lowest BCUT2D eigenvalue weighted by Crippen LogP contribution is -2.29. The van der Waals surface area contributed by atoms with Crippen LogP contribution in [-0.4, -0.2) is 18.7 Å². The second kappa shape index (κ2) is 17.6. The Labute approximate surface area is 216 Å². The number of carbonyl (C=O) groups is 1. The van der Waals surface area contributed by atoms with Crippen LogP contribution in [-0.2, 0) is 9.53 Å². The summed E-state index contributed by atoms with van der Waals surface area (Å²) in [6, 6.07) is 0. The van der Waals surface area contributed by atoms with Gasteiger partial charge in [-0.3, -0.25) is 0 Å². The van der Waals surface area contributed by atoms with Crippen LogP contribution in [0.15, 0.2) is 51.8 Å². The Morgan fingerprint density at radius 2 is 1.74 bits per heavy atom. The summed E-state index contributed by atoms with van der Waals surface area (Å²) >= 11 is 0. The number of allylic oxidation sites excluding steroid dienone is 5. The molecule has 0 saturated heterocycles. The van der Waals surface area contributed by atoms with Gasteiger partial charge in [-0.2, -0.15) is 0 Å². The van der Waals surface area contributed by atoms with Gasteiger partial charge in [-0.15, -0.1) is 5.73 Å². The van der Waals surface area contributed by atoms with Gasteiger partial charge in [-0.1, -0.05) is 56.9 Å². The molecule has 0 aliphatic heterocycles. The van der Waals surface area contributed by atoms with Crippen molar-refractivity contribution < 1.29 is 14.6 Å². The molecule has 0 aromatic carbocycles. The zero-order valence-electron chi connectivity index (χ0n) is 23.7.